The number of aryl methyl sites for hydroxylation is 3. The first-order valence-corrected chi connectivity index (χ1v) is 35.5. The van der Waals surface area contributed by atoms with Gasteiger partial charge in [-0.1, -0.05) is 127 Å². The van der Waals surface area contributed by atoms with Crippen LogP contribution < -0.4 is 32.6 Å². The standard InChI is InChI=1S/C30H27N5O3.C29H25N5O3.C28H23N5O3/c1-19(32-28(36)25-20(2)33-34-17-9-16-31-27(25)34)24-18-22-11-8-10-21(14-15-30(3,4)38)26(22)29(37)35(24)23-12-6-5-7-13-23;1-19(31-28(35)25-20(2)32-33-16-9-15-30-27(25)33)24-18-22-11-7-10-21(12-8-17-37-3)26(22)29(36)34(24)23-13-5-4-6-14-23;1-18(30-27(35)24-19(2)31-32-15-8-14-29-26(24)32)23-17-21-10-6-9-20(11-7-16-34)25(21)28(36)33(23)22-12-4-3-5-13-22/h5-13,16-19,38H,1-4H3,(H,32,36);4-7,9-11,13-16,18-19H,17H2,1-3H3,(H,31,35);3-6,8-10,12-15,17-18,34H,16H2,1-2H3,(H,30,35)/t2*19-;18-/m000/s1. The first-order valence-electron chi connectivity index (χ1n) is 35.5. The van der Waals surface area contributed by atoms with Crippen LogP contribution in [0.2, 0.25) is 0 Å². The van der Waals surface area contributed by atoms with Crippen LogP contribution in [0.25, 0.3) is 66.3 Å². The molecule has 0 unspecified atom stereocenters. The number of ether oxygens (including phenoxy) is 1. The second-order valence-corrected chi connectivity index (χ2v) is 26.6. The average molecular weight is 1470 g/mol. The third-order valence-corrected chi connectivity index (χ3v) is 18.3. The summed E-state index contributed by atoms with van der Waals surface area (Å²) in [6.07, 6.45) is 10.1. The molecule has 0 saturated heterocycles. The fourth-order valence-electron chi connectivity index (χ4n) is 13.3. The molecule has 3 atom stereocenters. The predicted octanol–water partition coefficient (Wildman–Crippen LogP) is 11.0. The van der Waals surface area contributed by atoms with E-state index in [0.29, 0.717) is 128 Å². The molecular formula is C87H75N15O9. The number of rotatable bonds is 13. The Kier molecular flexibility index (Phi) is 21.9. The number of hydrogen-bond acceptors (Lipinski definition) is 15. The van der Waals surface area contributed by atoms with Gasteiger partial charge in [-0.05, 0) is 163 Å². The molecule has 0 aliphatic rings. The molecule has 0 aliphatic carbocycles. The maximum Gasteiger partial charge on any atom is 0.264 e. The molecule has 15 rings (SSSR count). The summed E-state index contributed by atoms with van der Waals surface area (Å²) >= 11 is 0. The Labute approximate surface area is 636 Å². The molecule has 0 saturated carbocycles. The third-order valence-electron chi connectivity index (χ3n) is 18.3. The van der Waals surface area contributed by atoms with Crippen molar-refractivity contribution in [1.29, 1.82) is 0 Å². The molecule has 9 heterocycles. The Morgan fingerprint density at radius 1 is 0.450 bits per heavy atom. The van der Waals surface area contributed by atoms with Gasteiger partial charge in [0.15, 0.2) is 16.9 Å². The highest BCUT2D eigenvalue weighted by Crippen LogP contribution is 2.29. The van der Waals surface area contributed by atoms with Crippen LogP contribution in [0.1, 0.15) is 135 Å². The number of hydrogen-bond donors (Lipinski definition) is 5. The van der Waals surface area contributed by atoms with Crippen LogP contribution in [-0.4, -0.2) is 111 Å². The average Bonchev–Trinajstić information content (AvgIpc) is 1.55. The van der Waals surface area contributed by atoms with Crippen molar-refractivity contribution in [2.75, 3.05) is 20.3 Å². The van der Waals surface area contributed by atoms with E-state index >= 15 is 0 Å². The summed E-state index contributed by atoms with van der Waals surface area (Å²) in [5.41, 5.74) is 7.89. The lowest BCUT2D eigenvalue weighted by molar-refractivity contribution is 0.0931. The fraction of sp³-hybridized carbons (Fsp3) is 0.172. The molecule has 9 aromatic heterocycles. The third kappa shape index (κ3) is 15.7. The van der Waals surface area contributed by atoms with Crippen LogP contribution in [0.15, 0.2) is 234 Å². The maximum atomic E-state index is 14.0. The number of aliphatic hydroxyl groups is 2. The minimum Gasteiger partial charge on any atom is -0.384 e. The maximum absolute atomic E-state index is 14.0. The number of para-hydroxylation sites is 3. The number of amides is 3. The van der Waals surface area contributed by atoms with E-state index in [1.165, 1.54) is 0 Å². The number of aromatic nitrogens is 12. The van der Waals surface area contributed by atoms with Gasteiger partial charge in [0, 0.05) is 95.1 Å². The topological polar surface area (TPSA) is 294 Å². The summed E-state index contributed by atoms with van der Waals surface area (Å²) in [6, 6.07) is 53.7. The van der Waals surface area contributed by atoms with Crippen LogP contribution in [0.3, 0.4) is 0 Å². The van der Waals surface area contributed by atoms with E-state index in [4.69, 9.17) is 9.84 Å². The van der Waals surface area contributed by atoms with E-state index in [0.717, 1.165) is 5.39 Å². The summed E-state index contributed by atoms with van der Waals surface area (Å²) in [5, 5.41) is 45.1. The van der Waals surface area contributed by atoms with Gasteiger partial charge in [-0.15, -0.1) is 0 Å². The number of nitrogens with zero attached hydrogens (tertiary/aromatic N) is 12. The van der Waals surface area contributed by atoms with Crippen LogP contribution in [0, 0.1) is 56.3 Å². The number of benzene rings is 6. The Balaban J connectivity index is 0.000000146. The molecule has 0 aliphatic heterocycles. The molecule has 6 aromatic carbocycles. The van der Waals surface area contributed by atoms with Crippen molar-refractivity contribution < 1.29 is 29.3 Å². The molecule has 3 amide bonds. The number of aliphatic hydroxyl groups excluding tert-OH is 1. The Morgan fingerprint density at radius 3 is 1.07 bits per heavy atom. The van der Waals surface area contributed by atoms with Gasteiger partial charge in [0.25, 0.3) is 34.4 Å². The van der Waals surface area contributed by atoms with Crippen molar-refractivity contribution in [2.45, 2.75) is 79.1 Å². The van der Waals surface area contributed by atoms with Gasteiger partial charge in [0.05, 0.1) is 51.4 Å². The molecule has 0 bridgehead atoms. The second kappa shape index (κ2) is 32.5. The zero-order valence-corrected chi connectivity index (χ0v) is 62.0. The Bertz CT molecular complexity index is 6520. The molecule has 0 spiro atoms. The second-order valence-electron chi connectivity index (χ2n) is 26.6. The van der Waals surface area contributed by atoms with Crippen molar-refractivity contribution in [1.82, 2.24) is 73.4 Å². The summed E-state index contributed by atoms with van der Waals surface area (Å²) in [7, 11) is 1.58. The lowest BCUT2D eigenvalue weighted by atomic mass is 10.0. The summed E-state index contributed by atoms with van der Waals surface area (Å²) in [5.74, 6) is 16.3. The van der Waals surface area contributed by atoms with Crippen molar-refractivity contribution in [3.63, 3.8) is 0 Å². The smallest absolute Gasteiger partial charge is 0.264 e. The van der Waals surface area contributed by atoms with Crippen molar-refractivity contribution in [3.8, 4) is 52.6 Å². The number of fused-ring (bicyclic) bond motifs is 6. The number of pyridine rings is 3. The van der Waals surface area contributed by atoms with E-state index in [1.807, 2.05) is 172 Å². The monoisotopic (exact) mass is 1470 g/mol. The molecule has 0 fully saturated rings. The van der Waals surface area contributed by atoms with E-state index in [-0.39, 0.29) is 47.6 Å². The van der Waals surface area contributed by atoms with Gasteiger partial charge in [0.1, 0.15) is 35.5 Å². The van der Waals surface area contributed by atoms with E-state index < -0.39 is 23.7 Å². The molecular weight excluding hydrogens is 1400 g/mol. The Hall–Kier alpha value is -14.2. The summed E-state index contributed by atoms with van der Waals surface area (Å²) in [6.45, 7) is 14.0. The van der Waals surface area contributed by atoms with Gasteiger partial charge in [-0.3, -0.25) is 42.5 Å². The zero-order valence-electron chi connectivity index (χ0n) is 62.0. The minimum atomic E-state index is -1.20. The summed E-state index contributed by atoms with van der Waals surface area (Å²) < 4.78 is 14.6. The predicted molar refractivity (Wildman–Crippen MR) is 425 cm³/mol. The van der Waals surface area contributed by atoms with Gasteiger partial charge in [-0.25, -0.2) is 28.5 Å². The largest absolute Gasteiger partial charge is 0.384 e. The quantitative estimate of drug-likeness (QED) is 0.0671. The highest BCUT2D eigenvalue weighted by Gasteiger charge is 2.28. The molecule has 24 nitrogen and oxygen atoms in total. The molecule has 5 N–H and O–H groups in total. The molecule has 552 valence electrons. The van der Waals surface area contributed by atoms with Gasteiger partial charge in [0.2, 0.25) is 0 Å². The lowest BCUT2D eigenvalue weighted by Gasteiger charge is -2.21. The molecule has 15 aromatic rings. The zero-order chi connectivity index (χ0) is 78.2. The molecule has 24 heteroatoms. The normalized spacial score (nSPS) is 11.9. The van der Waals surface area contributed by atoms with E-state index in [1.54, 1.807) is 136 Å². The highest BCUT2D eigenvalue weighted by atomic mass is 16.5. The molecule has 111 heavy (non-hydrogen) atoms. The van der Waals surface area contributed by atoms with Gasteiger partial charge in [-0.2, -0.15) is 15.3 Å². The SMILES string of the molecule is COCC#Cc1cccc2cc([C@H](C)NC(=O)c3c(C)nn4cccnc34)n(-c3ccccc3)c(=O)c12.Cc1nn2cccnc2c1C(=O)N[C@@H](C)c1cc2cccc(C#CC(C)(C)O)c2c(=O)n1-c1ccccc1.Cc1nn2cccnc2c1C(=O)N[C@@H](C)c1cc2cccc(C#CCO)c2c(=O)n1-c1ccccc1. The minimum absolute atomic E-state index is 0.212. The number of methoxy groups -OCH3 is 1. The van der Waals surface area contributed by atoms with Crippen LogP contribution >= 0.6 is 0 Å². The van der Waals surface area contributed by atoms with Crippen molar-refractivity contribution in [3.05, 3.63) is 318 Å². The Morgan fingerprint density at radius 2 is 0.766 bits per heavy atom. The van der Waals surface area contributed by atoms with Crippen molar-refractivity contribution in [2.24, 2.45) is 0 Å². The number of carbonyl (C=O) groups is 3. The van der Waals surface area contributed by atoms with E-state index in [9.17, 15) is 33.9 Å². The van der Waals surface area contributed by atoms with E-state index in [2.05, 4.69) is 81.7 Å². The molecule has 0 radical (unpaired) electrons. The highest BCUT2D eigenvalue weighted by molar-refractivity contribution is 6.03. The van der Waals surface area contributed by atoms with Crippen LogP contribution in [0.5, 0.6) is 0 Å². The fourth-order valence-corrected chi connectivity index (χ4v) is 13.3. The van der Waals surface area contributed by atoms with Crippen LogP contribution in [-0.2, 0) is 4.74 Å². The van der Waals surface area contributed by atoms with Crippen LogP contribution in [0.4, 0.5) is 0 Å². The van der Waals surface area contributed by atoms with Gasteiger partial charge < -0.3 is 30.9 Å². The van der Waals surface area contributed by atoms with Gasteiger partial charge >= 0.3 is 0 Å². The first kappa shape index (κ1) is 75.0. The number of nitrogens with one attached hydrogen (secondary N) is 3. The van der Waals surface area contributed by atoms with Crippen molar-refractivity contribution >= 4 is 67.0 Å². The number of carbonyl (C=O) groups excluding carboxylic acids is 3. The first-order chi connectivity index (χ1) is 53.6. The lowest BCUT2D eigenvalue weighted by Crippen LogP contribution is -2.32. The summed E-state index contributed by atoms with van der Waals surface area (Å²) in [4.78, 5) is 95.0.